The first-order valence-electron chi connectivity index (χ1n) is 4.19. The van der Waals surface area contributed by atoms with Gasteiger partial charge >= 0.3 is 11.9 Å². The fourth-order valence-electron chi connectivity index (χ4n) is 2.25. The lowest BCUT2D eigenvalue weighted by Gasteiger charge is -2.25. The smallest absolute Gasteiger partial charge is 0.323 e. The molecule has 0 aromatic heterocycles. The van der Waals surface area contributed by atoms with E-state index in [-0.39, 0.29) is 12.5 Å². The molecular formula is C8H10O5. The van der Waals surface area contributed by atoms with Crippen LogP contribution >= 0.6 is 0 Å². The van der Waals surface area contributed by atoms with Crippen molar-refractivity contribution < 1.29 is 24.5 Å². The first kappa shape index (κ1) is 8.50. The van der Waals surface area contributed by atoms with Crippen LogP contribution in [0.2, 0.25) is 0 Å². The van der Waals surface area contributed by atoms with Gasteiger partial charge in [0, 0.05) is 6.42 Å². The molecule has 0 saturated carbocycles. The van der Waals surface area contributed by atoms with Crippen LogP contribution in [0.5, 0.6) is 0 Å². The topological polar surface area (TPSA) is 83.8 Å². The second-order valence-corrected chi connectivity index (χ2v) is 3.61. The molecule has 2 atom stereocenters. The molecule has 0 aromatic rings. The van der Waals surface area contributed by atoms with Gasteiger partial charge in [-0.15, -0.1) is 0 Å². The zero-order valence-electron chi connectivity index (χ0n) is 6.90. The van der Waals surface area contributed by atoms with Gasteiger partial charge in [0.1, 0.15) is 0 Å². The molecule has 0 spiro atoms. The molecule has 2 N–H and O–H groups in total. The van der Waals surface area contributed by atoms with Gasteiger partial charge < -0.3 is 14.9 Å². The van der Waals surface area contributed by atoms with Gasteiger partial charge in [-0.25, -0.2) is 0 Å². The van der Waals surface area contributed by atoms with E-state index in [4.69, 9.17) is 14.9 Å². The summed E-state index contributed by atoms with van der Waals surface area (Å²) in [5, 5.41) is 17.8. The Morgan fingerprint density at radius 1 is 1.23 bits per heavy atom. The SMILES string of the molecule is O=C(O)C1(C(=O)O)CC2CCC1O2. The van der Waals surface area contributed by atoms with E-state index < -0.39 is 23.5 Å². The summed E-state index contributed by atoms with van der Waals surface area (Å²) in [6.07, 6.45) is 0.642. The zero-order valence-corrected chi connectivity index (χ0v) is 6.90. The number of aliphatic carboxylic acids is 2. The summed E-state index contributed by atoms with van der Waals surface area (Å²) in [4.78, 5) is 21.8. The summed E-state index contributed by atoms with van der Waals surface area (Å²) in [6, 6.07) is 0. The van der Waals surface area contributed by atoms with Crippen molar-refractivity contribution in [2.24, 2.45) is 5.41 Å². The molecule has 13 heavy (non-hydrogen) atoms. The van der Waals surface area contributed by atoms with Crippen molar-refractivity contribution in [3.63, 3.8) is 0 Å². The summed E-state index contributed by atoms with van der Waals surface area (Å²) >= 11 is 0. The highest BCUT2D eigenvalue weighted by Gasteiger charge is 2.62. The minimum Gasteiger partial charge on any atom is -0.480 e. The van der Waals surface area contributed by atoms with E-state index in [9.17, 15) is 9.59 Å². The maximum absolute atomic E-state index is 10.9. The van der Waals surface area contributed by atoms with Crippen molar-refractivity contribution in [2.75, 3.05) is 0 Å². The zero-order chi connectivity index (χ0) is 9.64. The molecule has 0 radical (unpaired) electrons. The average Bonchev–Trinajstić information content (AvgIpc) is 2.61. The van der Waals surface area contributed by atoms with Crippen LogP contribution in [-0.4, -0.2) is 34.4 Å². The normalized spacial score (nSPS) is 34.8. The molecular weight excluding hydrogens is 176 g/mol. The number of carbonyl (C=O) groups is 2. The van der Waals surface area contributed by atoms with Gasteiger partial charge in [0.05, 0.1) is 12.2 Å². The van der Waals surface area contributed by atoms with Gasteiger partial charge in [0.2, 0.25) is 0 Å². The largest absolute Gasteiger partial charge is 0.480 e. The molecule has 2 unspecified atom stereocenters. The Bertz CT molecular complexity index is 258. The lowest BCUT2D eigenvalue weighted by atomic mass is 9.74. The van der Waals surface area contributed by atoms with Gasteiger partial charge in [0.25, 0.3) is 0 Å². The molecule has 5 heteroatoms. The minimum absolute atomic E-state index is 0.113. The highest BCUT2D eigenvalue weighted by molar-refractivity contribution is 5.99. The third-order valence-electron chi connectivity index (χ3n) is 2.97. The molecule has 5 nitrogen and oxygen atoms in total. The molecule has 2 aliphatic heterocycles. The molecule has 0 aliphatic carbocycles. The van der Waals surface area contributed by atoms with Crippen molar-refractivity contribution in [3.05, 3.63) is 0 Å². The van der Waals surface area contributed by atoms with Crippen LogP contribution in [0.3, 0.4) is 0 Å². The van der Waals surface area contributed by atoms with E-state index in [0.717, 1.165) is 6.42 Å². The second-order valence-electron chi connectivity index (χ2n) is 3.61. The number of hydrogen-bond acceptors (Lipinski definition) is 3. The van der Waals surface area contributed by atoms with Crippen LogP contribution in [0.25, 0.3) is 0 Å². The Balaban J connectivity index is 2.36. The Hall–Kier alpha value is -1.10. The Morgan fingerprint density at radius 3 is 2.08 bits per heavy atom. The lowest BCUT2D eigenvalue weighted by Crippen LogP contribution is -2.46. The quantitative estimate of drug-likeness (QED) is 0.597. The van der Waals surface area contributed by atoms with Crippen molar-refractivity contribution in [1.82, 2.24) is 0 Å². The predicted octanol–water partition coefficient (Wildman–Crippen LogP) is 0.0933. The number of rotatable bonds is 2. The van der Waals surface area contributed by atoms with Crippen LogP contribution < -0.4 is 0 Å². The summed E-state index contributed by atoms with van der Waals surface area (Å²) < 4.78 is 5.25. The summed E-state index contributed by atoms with van der Waals surface area (Å²) in [5.41, 5.74) is -1.68. The molecule has 2 aliphatic rings. The number of hydrogen-bond donors (Lipinski definition) is 2. The van der Waals surface area contributed by atoms with Crippen LogP contribution in [0.4, 0.5) is 0 Å². The molecule has 0 aromatic carbocycles. The van der Waals surface area contributed by atoms with Crippen LogP contribution in [0.1, 0.15) is 19.3 Å². The molecule has 2 rings (SSSR count). The van der Waals surface area contributed by atoms with E-state index in [1.807, 2.05) is 0 Å². The number of carboxylic acids is 2. The Morgan fingerprint density at radius 2 is 1.85 bits per heavy atom. The molecule has 72 valence electrons. The average molecular weight is 186 g/mol. The molecule has 2 saturated heterocycles. The summed E-state index contributed by atoms with van der Waals surface area (Å²) in [6.45, 7) is 0. The van der Waals surface area contributed by atoms with E-state index >= 15 is 0 Å². The summed E-state index contributed by atoms with van der Waals surface area (Å²) in [7, 11) is 0. The highest BCUT2D eigenvalue weighted by atomic mass is 16.5. The molecule has 2 fully saturated rings. The van der Waals surface area contributed by atoms with Crippen molar-refractivity contribution >= 4 is 11.9 Å². The monoisotopic (exact) mass is 186 g/mol. The molecule has 2 heterocycles. The Labute approximate surface area is 74.3 Å². The van der Waals surface area contributed by atoms with Crippen LogP contribution in [0, 0.1) is 5.41 Å². The Kier molecular flexibility index (Phi) is 1.60. The first-order chi connectivity index (χ1) is 6.07. The third kappa shape index (κ3) is 0.904. The van der Waals surface area contributed by atoms with Crippen LogP contribution in [-0.2, 0) is 14.3 Å². The van der Waals surface area contributed by atoms with Crippen molar-refractivity contribution in [3.8, 4) is 0 Å². The van der Waals surface area contributed by atoms with Crippen molar-refractivity contribution in [2.45, 2.75) is 31.5 Å². The number of ether oxygens (including phenoxy) is 1. The first-order valence-corrected chi connectivity index (χ1v) is 4.19. The van der Waals surface area contributed by atoms with Gasteiger partial charge in [-0.3, -0.25) is 9.59 Å². The van der Waals surface area contributed by atoms with E-state index in [0.29, 0.717) is 6.42 Å². The van der Waals surface area contributed by atoms with Crippen LogP contribution in [0.15, 0.2) is 0 Å². The standard InChI is InChI=1S/C8H10O5/c9-6(10)8(7(11)12)3-4-1-2-5(8)13-4/h4-5H,1-3H2,(H,9,10)(H,11,12). The van der Waals surface area contributed by atoms with E-state index in [2.05, 4.69) is 0 Å². The maximum Gasteiger partial charge on any atom is 0.323 e. The summed E-state index contributed by atoms with van der Waals surface area (Å²) in [5.74, 6) is -2.54. The lowest BCUT2D eigenvalue weighted by molar-refractivity contribution is -0.168. The van der Waals surface area contributed by atoms with E-state index in [1.165, 1.54) is 0 Å². The fourth-order valence-corrected chi connectivity index (χ4v) is 2.25. The third-order valence-corrected chi connectivity index (χ3v) is 2.97. The van der Waals surface area contributed by atoms with Crippen molar-refractivity contribution in [1.29, 1.82) is 0 Å². The number of carboxylic acid groups (broad SMARTS) is 2. The van der Waals surface area contributed by atoms with Gasteiger partial charge in [-0.1, -0.05) is 0 Å². The maximum atomic E-state index is 10.9. The van der Waals surface area contributed by atoms with Gasteiger partial charge in [-0.05, 0) is 12.8 Å². The van der Waals surface area contributed by atoms with Gasteiger partial charge in [0.15, 0.2) is 5.41 Å². The highest BCUT2D eigenvalue weighted by Crippen LogP contribution is 2.48. The molecule has 2 bridgehead atoms. The number of fused-ring (bicyclic) bond motifs is 2. The molecule has 0 amide bonds. The van der Waals surface area contributed by atoms with E-state index in [1.54, 1.807) is 0 Å². The minimum atomic E-state index is -1.68. The fraction of sp³-hybridized carbons (Fsp3) is 0.750. The predicted molar refractivity (Wildman–Crippen MR) is 40.2 cm³/mol. The van der Waals surface area contributed by atoms with Gasteiger partial charge in [-0.2, -0.15) is 0 Å². The second kappa shape index (κ2) is 2.45.